The minimum absolute atomic E-state index is 0.145. The Morgan fingerprint density at radius 3 is 2.33 bits per heavy atom. The average Bonchev–Trinajstić information content (AvgIpc) is 2.28. The summed E-state index contributed by atoms with van der Waals surface area (Å²) < 4.78 is 7.12. The Morgan fingerprint density at radius 1 is 1.39 bits per heavy atom. The first-order valence-corrected chi connectivity index (χ1v) is 6.28. The van der Waals surface area contributed by atoms with Crippen LogP contribution in [-0.4, -0.2) is 42.3 Å². The minimum atomic E-state index is -0.377. The van der Waals surface area contributed by atoms with Gasteiger partial charge in [-0.05, 0) is 19.4 Å². The van der Waals surface area contributed by atoms with Gasteiger partial charge in [-0.25, -0.2) is 4.58 Å². The molecule has 0 heterocycles. The van der Waals surface area contributed by atoms with Crippen LogP contribution in [0, 0.1) is 5.41 Å². The Morgan fingerprint density at radius 2 is 1.94 bits per heavy atom. The molecular formula is C15H28NO2+. The summed E-state index contributed by atoms with van der Waals surface area (Å²) in [5.41, 5.74) is 0.410. The predicted octanol–water partition coefficient (Wildman–Crippen LogP) is 2.60. The summed E-state index contributed by atoms with van der Waals surface area (Å²) in [5, 5.41) is 9.27. The fourth-order valence-electron chi connectivity index (χ4n) is 2.24. The van der Waals surface area contributed by atoms with Gasteiger partial charge in [-0.3, -0.25) is 0 Å². The van der Waals surface area contributed by atoms with Gasteiger partial charge in [0.1, 0.15) is 6.72 Å². The van der Waals surface area contributed by atoms with Crippen molar-refractivity contribution in [2.45, 2.75) is 39.7 Å². The summed E-state index contributed by atoms with van der Waals surface area (Å²) in [7, 11) is 1.66. The van der Waals surface area contributed by atoms with Gasteiger partial charge in [0.05, 0.1) is 6.61 Å². The second-order valence-corrected chi connectivity index (χ2v) is 5.42. The monoisotopic (exact) mass is 254 g/mol. The van der Waals surface area contributed by atoms with E-state index in [1.165, 1.54) is 0 Å². The van der Waals surface area contributed by atoms with E-state index in [4.69, 9.17) is 4.74 Å². The number of aliphatic hydroxyl groups excluding tert-OH is 1. The molecule has 0 rings (SSSR count). The molecule has 3 nitrogen and oxygen atoms in total. The van der Waals surface area contributed by atoms with Crippen LogP contribution in [0.25, 0.3) is 0 Å². The van der Waals surface area contributed by atoms with Gasteiger partial charge in [0.25, 0.3) is 0 Å². The number of nitrogens with zero attached hydrogens (tertiary/aromatic N) is 1. The zero-order valence-corrected chi connectivity index (χ0v) is 12.5. The Labute approximate surface area is 111 Å². The van der Waals surface area contributed by atoms with E-state index in [9.17, 15) is 5.11 Å². The molecule has 0 radical (unpaired) electrons. The van der Waals surface area contributed by atoms with Crippen molar-refractivity contribution in [3.63, 3.8) is 0 Å². The van der Waals surface area contributed by atoms with Crippen molar-refractivity contribution < 1.29 is 14.4 Å². The molecule has 3 heteroatoms. The molecule has 1 unspecified atom stereocenters. The molecule has 18 heavy (non-hydrogen) atoms. The lowest BCUT2D eigenvalue weighted by Crippen LogP contribution is -2.52. The highest BCUT2D eigenvalue weighted by atomic mass is 16.5. The Hall–Kier alpha value is -0.930. The zero-order valence-electron chi connectivity index (χ0n) is 12.5. The number of aliphatic hydroxyl groups is 1. The third kappa shape index (κ3) is 3.30. The van der Waals surface area contributed by atoms with Crippen molar-refractivity contribution >= 4 is 6.72 Å². The van der Waals surface area contributed by atoms with Crippen LogP contribution < -0.4 is 0 Å². The fraction of sp³-hybridized carbons (Fsp3) is 0.667. The van der Waals surface area contributed by atoms with E-state index in [1.54, 1.807) is 7.11 Å². The molecule has 0 saturated heterocycles. The van der Waals surface area contributed by atoms with Crippen LogP contribution in [0.5, 0.6) is 0 Å². The molecule has 0 bridgehead atoms. The van der Waals surface area contributed by atoms with Crippen LogP contribution in [0.3, 0.4) is 0 Å². The van der Waals surface area contributed by atoms with Crippen molar-refractivity contribution in [3.8, 4) is 0 Å². The minimum Gasteiger partial charge on any atom is -0.396 e. The number of ether oxygens (including phenoxy) is 1. The molecule has 1 atom stereocenters. The molecule has 0 aliphatic heterocycles. The highest BCUT2D eigenvalue weighted by molar-refractivity contribution is 5.24. The van der Waals surface area contributed by atoms with E-state index in [0.29, 0.717) is 13.0 Å². The lowest BCUT2D eigenvalue weighted by Gasteiger charge is -2.40. The van der Waals surface area contributed by atoms with Crippen LogP contribution in [0.2, 0.25) is 0 Å². The van der Waals surface area contributed by atoms with Crippen molar-refractivity contribution in [1.29, 1.82) is 0 Å². The lowest BCUT2D eigenvalue weighted by molar-refractivity contribution is -0.547. The summed E-state index contributed by atoms with van der Waals surface area (Å²) in [6, 6.07) is 0. The van der Waals surface area contributed by atoms with Gasteiger partial charge >= 0.3 is 0 Å². The molecule has 0 saturated carbocycles. The first-order chi connectivity index (χ1) is 8.27. The van der Waals surface area contributed by atoms with Gasteiger partial charge in [-0.2, -0.15) is 0 Å². The molecule has 0 aromatic heterocycles. The predicted molar refractivity (Wildman–Crippen MR) is 77.1 cm³/mol. The van der Waals surface area contributed by atoms with Crippen LogP contribution in [-0.2, 0) is 4.74 Å². The maximum atomic E-state index is 9.27. The SMILES string of the molecule is C=C(COC)C(C)([N+](=C)/C=C\C)C(C)(C)CCO. The van der Waals surface area contributed by atoms with Crippen molar-refractivity contribution in [2.24, 2.45) is 5.41 Å². The molecule has 1 N–H and O–H groups in total. The molecule has 104 valence electrons. The third-order valence-corrected chi connectivity index (χ3v) is 3.97. The van der Waals surface area contributed by atoms with Crippen molar-refractivity contribution in [2.75, 3.05) is 20.3 Å². The zero-order chi connectivity index (χ0) is 14.4. The van der Waals surface area contributed by atoms with E-state index in [1.807, 2.05) is 23.8 Å². The van der Waals surface area contributed by atoms with Gasteiger partial charge in [-0.15, -0.1) is 0 Å². The van der Waals surface area contributed by atoms with E-state index in [0.717, 1.165) is 5.57 Å². The van der Waals surface area contributed by atoms with E-state index in [2.05, 4.69) is 34.1 Å². The first kappa shape index (κ1) is 17.1. The molecule has 0 aliphatic carbocycles. The van der Waals surface area contributed by atoms with Crippen LogP contribution in [0.4, 0.5) is 0 Å². The number of rotatable bonds is 8. The van der Waals surface area contributed by atoms with E-state index >= 15 is 0 Å². The van der Waals surface area contributed by atoms with Crippen LogP contribution >= 0.6 is 0 Å². The second kappa shape index (κ2) is 6.86. The van der Waals surface area contributed by atoms with Crippen LogP contribution in [0.15, 0.2) is 24.4 Å². The molecule has 0 aromatic carbocycles. The standard InChI is InChI=1S/C15H28NO2/c1-8-10-16(6)15(5,13(2)12-18-7)14(3,4)9-11-17/h8,10,17H,2,6,9,11-12H2,1,3-5,7H3/q+1/b10-8-. The normalized spacial score (nSPS) is 15.7. The summed E-state index contributed by atoms with van der Waals surface area (Å²) in [6.07, 6.45) is 4.55. The maximum Gasteiger partial charge on any atom is 0.192 e. The third-order valence-electron chi connectivity index (χ3n) is 3.97. The highest BCUT2D eigenvalue weighted by Gasteiger charge is 2.50. The molecule has 0 aromatic rings. The smallest absolute Gasteiger partial charge is 0.192 e. The largest absolute Gasteiger partial charge is 0.396 e. The number of hydrogen-bond acceptors (Lipinski definition) is 2. The van der Waals surface area contributed by atoms with E-state index in [-0.39, 0.29) is 17.6 Å². The van der Waals surface area contributed by atoms with Gasteiger partial charge in [-0.1, -0.05) is 20.4 Å². The number of hydrogen-bond donors (Lipinski definition) is 1. The van der Waals surface area contributed by atoms with Crippen LogP contribution in [0.1, 0.15) is 34.1 Å². The quantitative estimate of drug-likeness (QED) is 0.410. The molecule has 0 spiro atoms. The maximum absolute atomic E-state index is 9.27. The average molecular weight is 254 g/mol. The molecule has 0 aliphatic rings. The molecule has 0 fully saturated rings. The molecule has 0 amide bonds. The number of allylic oxidation sites excluding steroid dienone is 1. The first-order valence-electron chi connectivity index (χ1n) is 6.28. The van der Waals surface area contributed by atoms with Gasteiger partial charge in [0.15, 0.2) is 11.7 Å². The lowest BCUT2D eigenvalue weighted by atomic mass is 9.67. The van der Waals surface area contributed by atoms with Crippen molar-refractivity contribution in [1.82, 2.24) is 0 Å². The van der Waals surface area contributed by atoms with Gasteiger partial charge in [0, 0.05) is 31.6 Å². The highest BCUT2D eigenvalue weighted by Crippen LogP contribution is 2.41. The second-order valence-electron chi connectivity index (χ2n) is 5.42. The summed E-state index contributed by atoms with van der Waals surface area (Å²) in [5.74, 6) is 0. The molecular weight excluding hydrogens is 226 g/mol. The summed E-state index contributed by atoms with van der Waals surface area (Å²) in [6.45, 7) is 17.2. The fourth-order valence-corrected chi connectivity index (χ4v) is 2.24. The Kier molecular flexibility index (Phi) is 6.50. The summed E-state index contributed by atoms with van der Waals surface area (Å²) >= 11 is 0. The summed E-state index contributed by atoms with van der Waals surface area (Å²) in [4.78, 5) is 0. The Bertz CT molecular complexity index is 331. The van der Waals surface area contributed by atoms with E-state index < -0.39 is 0 Å². The van der Waals surface area contributed by atoms with Gasteiger partial charge < -0.3 is 9.84 Å². The Balaban J connectivity index is 5.54. The topological polar surface area (TPSA) is 32.5 Å². The van der Waals surface area contributed by atoms with Gasteiger partial charge in [0.2, 0.25) is 0 Å². The van der Waals surface area contributed by atoms with Crippen molar-refractivity contribution in [3.05, 3.63) is 24.4 Å². The number of methoxy groups -OCH3 is 1.